The van der Waals surface area contributed by atoms with Crippen LogP contribution in [0.3, 0.4) is 0 Å². The highest BCUT2D eigenvalue weighted by molar-refractivity contribution is 6.02. The van der Waals surface area contributed by atoms with Crippen molar-refractivity contribution in [1.82, 2.24) is 25.1 Å². The zero-order valence-corrected chi connectivity index (χ0v) is 14.1. The second-order valence-electron chi connectivity index (χ2n) is 6.12. The summed E-state index contributed by atoms with van der Waals surface area (Å²) in [6.07, 6.45) is 7.93. The Kier molecular flexibility index (Phi) is 4.77. The third kappa shape index (κ3) is 3.24. The van der Waals surface area contributed by atoms with Gasteiger partial charge in [-0.05, 0) is 39.0 Å². The molecule has 0 saturated carbocycles. The van der Waals surface area contributed by atoms with Crippen molar-refractivity contribution in [1.29, 1.82) is 0 Å². The molecule has 5 N–H and O–H groups in total. The van der Waals surface area contributed by atoms with Crippen LogP contribution < -0.4 is 17.0 Å². The number of rotatable bonds is 3. The van der Waals surface area contributed by atoms with Gasteiger partial charge in [-0.3, -0.25) is 9.67 Å². The predicted octanol–water partition coefficient (Wildman–Crippen LogP) is 0.634. The molecule has 128 valence electrons. The van der Waals surface area contributed by atoms with E-state index in [0.29, 0.717) is 23.3 Å². The van der Waals surface area contributed by atoms with E-state index in [2.05, 4.69) is 43.3 Å². The Morgan fingerprint density at radius 2 is 2.04 bits per heavy atom. The summed E-state index contributed by atoms with van der Waals surface area (Å²) in [7, 11) is 3.81. The molecule has 1 fully saturated rings. The summed E-state index contributed by atoms with van der Waals surface area (Å²) in [5.74, 6) is 6.39. The Morgan fingerprint density at radius 3 is 2.71 bits per heavy atom. The molecule has 0 unspecified atom stereocenters. The van der Waals surface area contributed by atoms with Gasteiger partial charge in [0.15, 0.2) is 0 Å². The Morgan fingerprint density at radius 1 is 1.29 bits per heavy atom. The average Bonchev–Trinajstić information content (AvgIpc) is 3.08. The van der Waals surface area contributed by atoms with Crippen LogP contribution in [0.5, 0.6) is 0 Å². The third-order valence-electron chi connectivity index (χ3n) is 4.53. The van der Waals surface area contributed by atoms with E-state index in [-0.39, 0.29) is 0 Å². The monoisotopic (exact) mass is 328 g/mol. The van der Waals surface area contributed by atoms with E-state index >= 15 is 0 Å². The van der Waals surface area contributed by atoms with Gasteiger partial charge in [-0.25, -0.2) is 10.8 Å². The molecule has 0 aromatic carbocycles. The number of pyridine rings is 1. The Balaban J connectivity index is 1.86. The van der Waals surface area contributed by atoms with Crippen LogP contribution in [0.2, 0.25) is 0 Å². The second-order valence-corrected chi connectivity index (χ2v) is 6.12. The maximum Gasteiger partial charge on any atom is 0.146 e. The van der Waals surface area contributed by atoms with Crippen LogP contribution in [0.4, 0.5) is 5.82 Å². The third-order valence-corrected chi connectivity index (χ3v) is 4.53. The number of aliphatic imine (C=N–C) groups is 1. The first-order valence-corrected chi connectivity index (χ1v) is 8.04. The van der Waals surface area contributed by atoms with E-state index in [1.807, 2.05) is 12.3 Å². The van der Waals surface area contributed by atoms with Crippen molar-refractivity contribution >= 4 is 11.7 Å². The summed E-state index contributed by atoms with van der Waals surface area (Å²) in [5, 5.41) is 4.55. The van der Waals surface area contributed by atoms with Crippen molar-refractivity contribution in [2.75, 3.05) is 32.9 Å². The summed E-state index contributed by atoms with van der Waals surface area (Å²) in [6.45, 7) is 2.21. The van der Waals surface area contributed by atoms with Crippen LogP contribution >= 0.6 is 0 Å². The number of piperidine rings is 1. The molecule has 1 aliphatic rings. The number of nitrogen functional groups attached to an aromatic ring is 1. The summed E-state index contributed by atoms with van der Waals surface area (Å²) >= 11 is 0. The molecule has 0 radical (unpaired) electrons. The zero-order chi connectivity index (χ0) is 17.1. The summed E-state index contributed by atoms with van der Waals surface area (Å²) < 4.78 is 2.06. The van der Waals surface area contributed by atoms with Gasteiger partial charge in [-0.2, -0.15) is 5.10 Å². The maximum absolute atomic E-state index is 5.94. The van der Waals surface area contributed by atoms with Crippen LogP contribution in [0, 0.1) is 0 Å². The maximum atomic E-state index is 5.94. The number of hydrogen-bond acceptors (Lipinski definition) is 6. The number of nitrogens with zero attached hydrogens (tertiary/aromatic N) is 5. The standard InChI is InChI=1S/C16H24N8/c1-19-16(22-18)14-7-11(8-20-15(14)17)12-9-21-24(10-12)13-3-5-23(2)6-4-13/h7-10,13H,3-6,18H2,1-2H3,(H2,17,20)(H,19,22). The molecule has 8 heteroatoms. The fourth-order valence-electron chi connectivity index (χ4n) is 3.03. The lowest BCUT2D eigenvalue weighted by molar-refractivity contribution is 0.212. The van der Waals surface area contributed by atoms with Crippen molar-refractivity contribution in [2.45, 2.75) is 18.9 Å². The molecule has 2 aromatic rings. The van der Waals surface area contributed by atoms with Gasteiger partial charge in [-0.15, -0.1) is 0 Å². The van der Waals surface area contributed by atoms with Crippen LogP contribution in [0.1, 0.15) is 24.4 Å². The van der Waals surface area contributed by atoms with Crippen LogP contribution in [0.25, 0.3) is 11.1 Å². The minimum Gasteiger partial charge on any atom is -0.383 e. The van der Waals surface area contributed by atoms with Gasteiger partial charge in [0.1, 0.15) is 11.7 Å². The molecule has 3 rings (SSSR count). The number of likely N-dealkylation sites (tertiary alicyclic amines) is 1. The predicted molar refractivity (Wildman–Crippen MR) is 95.4 cm³/mol. The van der Waals surface area contributed by atoms with Gasteiger partial charge in [0.2, 0.25) is 0 Å². The van der Waals surface area contributed by atoms with Gasteiger partial charge >= 0.3 is 0 Å². The van der Waals surface area contributed by atoms with Crippen molar-refractivity contribution in [2.24, 2.45) is 10.8 Å². The fourth-order valence-corrected chi connectivity index (χ4v) is 3.03. The first-order chi connectivity index (χ1) is 11.6. The normalized spacial score (nSPS) is 17.2. The number of hydrogen-bond donors (Lipinski definition) is 3. The van der Waals surface area contributed by atoms with E-state index in [1.165, 1.54) is 0 Å². The molecule has 2 aromatic heterocycles. The van der Waals surface area contributed by atoms with Crippen LogP contribution in [-0.2, 0) is 0 Å². The number of nitrogens with one attached hydrogen (secondary N) is 1. The molecule has 0 spiro atoms. The van der Waals surface area contributed by atoms with E-state index in [0.717, 1.165) is 37.1 Å². The van der Waals surface area contributed by atoms with Gasteiger partial charge in [0, 0.05) is 30.6 Å². The summed E-state index contributed by atoms with van der Waals surface area (Å²) in [4.78, 5) is 10.7. The van der Waals surface area contributed by atoms with Gasteiger partial charge < -0.3 is 16.1 Å². The molecule has 3 heterocycles. The minimum absolute atomic E-state index is 0.389. The number of aromatic nitrogens is 3. The van der Waals surface area contributed by atoms with Gasteiger partial charge in [0.05, 0.1) is 17.8 Å². The first kappa shape index (κ1) is 16.4. The highest BCUT2D eigenvalue weighted by Crippen LogP contribution is 2.26. The highest BCUT2D eigenvalue weighted by atomic mass is 15.3. The average molecular weight is 328 g/mol. The fraction of sp³-hybridized carbons (Fsp3) is 0.438. The Labute approximate surface area is 141 Å². The summed E-state index contributed by atoms with van der Waals surface area (Å²) in [5.41, 5.74) is 11.1. The molecule has 0 atom stereocenters. The zero-order valence-electron chi connectivity index (χ0n) is 14.1. The highest BCUT2D eigenvalue weighted by Gasteiger charge is 2.19. The quantitative estimate of drug-likeness (QED) is 0.330. The molecular formula is C16H24N8. The molecule has 1 aliphatic heterocycles. The van der Waals surface area contributed by atoms with Gasteiger partial charge in [-0.1, -0.05) is 0 Å². The molecule has 8 nitrogen and oxygen atoms in total. The van der Waals surface area contributed by atoms with Gasteiger partial charge in [0.25, 0.3) is 0 Å². The van der Waals surface area contributed by atoms with Crippen LogP contribution in [0.15, 0.2) is 29.6 Å². The first-order valence-electron chi connectivity index (χ1n) is 8.04. The molecule has 0 aliphatic carbocycles. The number of hydrazine groups is 1. The van der Waals surface area contributed by atoms with E-state index < -0.39 is 0 Å². The lowest BCUT2D eigenvalue weighted by atomic mass is 10.1. The molecule has 24 heavy (non-hydrogen) atoms. The number of amidine groups is 1. The molecule has 0 amide bonds. The summed E-state index contributed by atoms with van der Waals surface area (Å²) in [6, 6.07) is 2.38. The van der Waals surface area contributed by atoms with E-state index in [9.17, 15) is 0 Å². The molecule has 1 saturated heterocycles. The number of anilines is 1. The van der Waals surface area contributed by atoms with Crippen LogP contribution in [-0.4, -0.2) is 52.7 Å². The van der Waals surface area contributed by atoms with Crippen molar-refractivity contribution < 1.29 is 0 Å². The Hall–Kier alpha value is -2.45. The SMILES string of the molecule is CN=C(NN)c1cc(-c2cnn(C3CCN(C)CC3)c2)cnc1N. The largest absolute Gasteiger partial charge is 0.383 e. The van der Waals surface area contributed by atoms with E-state index in [4.69, 9.17) is 11.6 Å². The lowest BCUT2D eigenvalue weighted by Gasteiger charge is -2.28. The smallest absolute Gasteiger partial charge is 0.146 e. The lowest BCUT2D eigenvalue weighted by Crippen LogP contribution is -2.31. The minimum atomic E-state index is 0.389. The van der Waals surface area contributed by atoms with Crippen molar-refractivity contribution in [3.05, 3.63) is 30.2 Å². The number of nitrogens with two attached hydrogens (primary N) is 2. The Bertz CT molecular complexity index is 727. The second kappa shape index (κ2) is 6.98. The van der Waals surface area contributed by atoms with E-state index in [1.54, 1.807) is 13.2 Å². The molecule has 0 bridgehead atoms. The van der Waals surface area contributed by atoms with Crippen molar-refractivity contribution in [3.8, 4) is 11.1 Å². The molecular weight excluding hydrogens is 304 g/mol. The topological polar surface area (TPSA) is 110 Å². The van der Waals surface area contributed by atoms with Crippen molar-refractivity contribution in [3.63, 3.8) is 0 Å².